The molecule has 0 radical (unpaired) electrons. The Hall–Kier alpha value is -3.39. The van der Waals surface area contributed by atoms with Crippen molar-refractivity contribution >= 4 is 34.0 Å². The second kappa shape index (κ2) is 8.77. The highest BCUT2D eigenvalue weighted by Gasteiger charge is 2.36. The molecule has 0 spiro atoms. The number of ether oxygens (including phenoxy) is 2. The molecule has 2 amide bonds. The summed E-state index contributed by atoms with van der Waals surface area (Å²) in [5.74, 6) is 0.623. The summed E-state index contributed by atoms with van der Waals surface area (Å²) in [6, 6.07) is 14.9. The van der Waals surface area contributed by atoms with Crippen LogP contribution in [0, 0.1) is 12.8 Å². The van der Waals surface area contributed by atoms with Crippen molar-refractivity contribution in [1.29, 1.82) is 0 Å². The highest BCUT2D eigenvalue weighted by molar-refractivity contribution is 7.16. The van der Waals surface area contributed by atoms with Gasteiger partial charge in [0, 0.05) is 23.4 Å². The number of nitrogens with zero attached hydrogens (tertiary/aromatic N) is 2. The van der Waals surface area contributed by atoms with Crippen molar-refractivity contribution in [2.45, 2.75) is 13.3 Å². The molecule has 31 heavy (non-hydrogen) atoms. The molecule has 1 aliphatic rings. The third kappa shape index (κ3) is 4.25. The van der Waals surface area contributed by atoms with Crippen LogP contribution in [0.1, 0.15) is 11.3 Å². The number of hydrogen-bond donors (Lipinski definition) is 1. The van der Waals surface area contributed by atoms with Crippen LogP contribution < -0.4 is 19.7 Å². The molecule has 3 aromatic rings. The lowest BCUT2D eigenvalue weighted by Gasteiger charge is -2.19. The molecule has 2 aromatic carbocycles. The van der Waals surface area contributed by atoms with Crippen LogP contribution in [-0.2, 0) is 9.59 Å². The summed E-state index contributed by atoms with van der Waals surface area (Å²) in [6.07, 6.45) is 0.152. The van der Waals surface area contributed by atoms with Gasteiger partial charge in [-0.2, -0.15) is 0 Å². The van der Waals surface area contributed by atoms with Crippen molar-refractivity contribution in [3.05, 3.63) is 53.4 Å². The second-order valence-corrected chi connectivity index (χ2v) is 8.42. The number of carbonyl (C=O) groups excluding carboxylic acids is 2. The molecule has 1 aromatic heterocycles. The van der Waals surface area contributed by atoms with Gasteiger partial charge in [-0.3, -0.25) is 9.59 Å². The van der Waals surface area contributed by atoms with E-state index in [0.29, 0.717) is 23.1 Å². The number of benzene rings is 2. The quantitative estimate of drug-likeness (QED) is 0.627. The smallest absolute Gasteiger partial charge is 0.231 e. The van der Waals surface area contributed by atoms with Crippen LogP contribution in [0.3, 0.4) is 0 Å². The minimum absolute atomic E-state index is 0.0982. The number of hydrogen-bond acceptors (Lipinski definition) is 6. The van der Waals surface area contributed by atoms with Crippen LogP contribution in [0.4, 0.5) is 10.8 Å². The van der Waals surface area contributed by atoms with Gasteiger partial charge in [-0.1, -0.05) is 12.1 Å². The zero-order valence-corrected chi connectivity index (χ0v) is 18.4. The number of rotatable bonds is 6. The number of anilines is 2. The maximum atomic E-state index is 12.9. The standard InChI is InChI=1S/C23H23N3O4S/c1-14-21(15-8-10-17(29-2)11-9-15)24-23(31-14)25-22(28)16-12-20(27)26(13-16)18-6-4-5-7-19(18)30-3/h4-11,16H,12-13H2,1-3H3,(H,24,25,28). The lowest BCUT2D eigenvalue weighted by atomic mass is 10.1. The zero-order chi connectivity index (χ0) is 22.0. The van der Waals surface area contributed by atoms with Crippen molar-refractivity contribution in [3.8, 4) is 22.8 Å². The summed E-state index contributed by atoms with van der Waals surface area (Å²) in [7, 11) is 3.19. The lowest BCUT2D eigenvalue weighted by molar-refractivity contribution is -0.122. The summed E-state index contributed by atoms with van der Waals surface area (Å²) in [6.45, 7) is 2.27. The van der Waals surface area contributed by atoms with Crippen molar-refractivity contribution in [3.63, 3.8) is 0 Å². The minimum Gasteiger partial charge on any atom is -0.497 e. The Balaban J connectivity index is 1.47. The van der Waals surface area contributed by atoms with E-state index in [4.69, 9.17) is 9.47 Å². The Bertz CT molecular complexity index is 1110. The third-order valence-corrected chi connectivity index (χ3v) is 6.15. The van der Waals surface area contributed by atoms with Gasteiger partial charge in [-0.25, -0.2) is 4.98 Å². The topological polar surface area (TPSA) is 80.8 Å². The first kappa shape index (κ1) is 20.9. The van der Waals surface area contributed by atoms with Crippen LogP contribution >= 0.6 is 11.3 Å². The summed E-state index contributed by atoms with van der Waals surface area (Å²) in [5, 5.41) is 3.42. The number of thiazole rings is 1. The van der Waals surface area contributed by atoms with Gasteiger partial charge in [0.05, 0.1) is 31.5 Å². The zero-order valence-electron chi connectivity index (χ0n) is 17.5. The number of aromatic nitrogens is 1. The van der Waals surface area contributed by atoms with E-state index in [1.54, 1.807) is 25.2 Å². The molecule has 1 fully saturated rings. The third-order valence-electron chi connectivity index (χ3n) is 5.26. The highest BCUT2D eigenvalue weighted by Crippen LogP contribution is 2.34. The predicted molar refractivity (Wildman–Crippen MR) is 121 cm³/mol. The number of aryl methyl sites for hydroxylation is 1. The van der Waals surface area contributed by atoms with Crippen molar-refractivity contribution in [2.75, 3.05) is 31.0 Å². The summed E-state index contributed by atoms with van der Waals surface area (Å²) in [4.78, 5) is 32.6. The molecule has 1 unspecified atom stereocenters. The van der Waals surface area contributed by atoms with Crippen molar-refractivity contribution in [1.82, 2.24) is 4.98 Å². The number of nitrogens with one attached hydrogen (secondary N) is 1. The van der Waals surface area contributed by atoms with Crippen molar-refractivity contribution in [2.24, 2.45) is 5.92 Å². The monoisotopic (exact) mass is 437 g/mol. The van der Waals surface area contributed by atoms with Crippen LogP contribution in [0.15, 0.2) is 48.5 Å². The molecule has 8 heteroatoms. The van der Waals surface area contributed by atoms with Gasteiger partial charge in [-0.15, -0.1) is 11.3 Å². The van der Waals surface area contributed by atoms with E-state index in [0.717, 1.165) is 21.9 Å². The fourth-order valence-corrected chi connectivity index (χ4v) is 4.48. The molecule has 1 aliphatic heterocycles. The predicted octanol–water partition coefficient (Wildman–Crippen LogP) is 4.13. The molecular weight excluding hydrogens is 414 g/mol. The maximum absolute atomic E-state index is 12.9. The van der Waals surface area contributed by atoms with E-state index in [2.05, 4.69) is 10.3 Å². The first-order chi connectivity index (χ1) is 15.0. The number of amides is 2. The number of methoxy groups -OCH3 is 2. The Morgan fingerprint density at radius 1 is 1.13 bits per heavy atom. The van der Waals surface area contributed by atoms with E-state index in [-0.39, 0.29) is 18.2 Å². The van der Waals surface area contributed by atoms with Gasteiger partial charge in [-0.05, 0) is 43.3 Å². The SMILES string of the molecule is COc1ccc(-c2nc(NC(=O)C3CC(=O)N(c4ccccc4OC)C3)sc2C)cc1. The highest BCUT2D eigenvalue weighted by atomic mass is 32.1. The Kier molecular flexibility index (Phi) is 5.90. The average Bonchev–Trinajstić information content (AvgIpc) is 3.36. The van der Waals surface area contributed by atoms with E-state index in [9.17, 15) is 9.59 Å². The van der Waals surface area contributed by atoms with E-state index in [1.165, 1.54) is 11.3 Å². The summed E-state index contributed by atoms with van der Waals surface area (Å²) in [5.41, 5.74) is 2.45. The van der Waals surface area contributed by atoms with Crippen LogP contribution in [0.5, 0.6) is 11.5 Å². The molecule has 7 nitrogen and oxygen atoms in total. The maximum Gasteiger partial charge on any atom is 0.231 e. The van der Waals surface area contributed by atoms with Gasteiger partial charge in [0.2, 0.25) is 11.8 Å². The Labute approximate surface area is 184 Å². The molecule has 0 saturated carbocycles. The van der Waals surface area contributed by atoms with Gasteiger partial charge < -0.3 is 19.7 Å². The molecule has 1 saturated heterocycles. The van der Waals surface area contributed by atoms with Crippen LogP contribution in [-0.4, -0.2) is 37.6 Å². The summed E-state index contributed by atoms with van der Waals surface area (Å²) < 4.78 is 10.6. The van der Waals surface area contributed by atoms with Crippen molar-refractivity contribution < 1.29 is 19.1 Å². The second-order valence-electron chi connectivity index (χ2n) is 7.22. The van der Waals surface area contributed by atoms with Gasteiger partial charge in [0.1, 0.15) is 11.5 Å². The fraction of sp³-hybridized carbons (Fsp3) is 0.261. The minimum atomic E-state index is -0.453. The molecule has 0 aliphatic carbocycles. The van der Waals surface area contributed by atoms with Gasteiger partial charge in [0.15, 0.2) is 5.13 Å². The van der Waals surface area contributed by atoms with E-state index < -0.39 is 5.92 Å². The first-order valence-corrected chi connectivity index (χ1v) is 10.7. The fourth-order valence-electron chi connectivity index (χ4n) is 3.64. The lowest BCUT2D eigenvalue weighted by Crippen LogP contribution is -2.28. The van der Waals surface area contributed by atoms with Crippen LogP contribution in [0.25, 0.3) is 11.3 Å². The van der Waals surface area contributed by atoms with Gasteiger partial charge in [0.25, 0.3) is 0 Å². The largest absolute Gasteiger partial charge is 0.497 e. The number of carbonyl (C=O) groups is 2. The number of para-hydroxylation sites is 2. The normalized spacial score (nSPS) is 15.8. The van der Waals surface area contributed by atoms with Crippen LogP contribution in [0.2, 0.25) is 0 Å². The molecule has 2 heterocycles. The summed E-state index contributed by atoms with van der Waals surface area (Å²) >= 11 is 1.42. The molecule has 1 atom stereocenters. The molecule has 160 valence electrons. The molecule has 0 bridgehead atoms. The molecule has 4 rings (SSSR count). The van der Waals surface area contributed by atoms with E-state index in [1.807, 2.05) is 49.4 Å². The Morgan fingerprint density at radius 2 is 1.87 bits per heavy atom. The molecular formula is C23H23N3O4S. The first-order valence-electron chi connectivity index (χ1n) is 9.86. The average molecular weight is 438 g/mol. The molecule has 1 N–H and O–H groups in total. The van der Waals surface area contributed by atoms with E-state index >= 15 is 0 Å². The van der Waals surface area contributed by atoms with Gasteiger partial charge >= 0.3 is 0 Å². The Morgan fingerprint density at radius 3 is 2.58 bits per heavy atom.